The number of anilines is 1. The number of rotatable bonds is 2. The number of benzene rings is 2. The van der Waals surface area contributed by atoms with E-state index in [9.17, 15) is 32.7 Å². The zero-order valence-electron chi connectivity index (χ0n) is 13.7. The molecule has 3 rings (SSSR count). The minimum absolute atomic E-state index is 0.102. The van der Waals surface area contributed by atoms with Gasteiger partial charge < -0.3 is 5.11 Å². The van der Waals surface area contributed by atoms with Crippen LogP contribution in [0, 0.1) is 0 Å². The van der Waals surface area contributed by atoms with Crippen molar-refractivity contribution in [2.24, 2.45) is 0 Å². The summed E-state index contributed by atoms with van der Waals surface area (Å²) in [5.41, 5.74) is -2.12. The number of halogens is 4. The van der Waals surface area contributed by atoms with Crippen molar-refractivity contribution in [2.45, 2.75) is 6.18 Å². The first-order chi connectivity index (χ1) is 13.1. The second kappa shape index (κ2) is 7.01. The van der Waals surface area contributed by atoms with Crippen LogP contribution in [0.2, 0.25) is 5.02 Å². The number of urea groups is 1. The summed E-state index contributed by atoms with van der Waals surface area (Å²) in [6, 6.07) is 6.64. The normalized spacial score (nSPS) is 16.5. The predicted molar refractivity (Wildman–Crippen MR) is 93.6 cm³/mol. The highest BCUT2D eigenvalue weighted by atomic mass is 35.5. The number of hydrogen-bond donors (Lipinski definition) is 2. The molecule has 0 unspecified atom stereocenters. The van der Waals surface area contributed by atoms with E-state index in [4.69, 9.17) is 11.6 Å². The average Bonchev–Trinajstić information content (AvgIpc) is 2.60. The monoisotopic (exact) mass is 410 g/mol. The third-order valence-corrected chi connectivity index (χ3v) is 4.17. The van der Waals surface area contributed by atoms with Gasteiger partial charge in [-0.2, -0.15) is 13.2 Å². The molecule has 28 heavy (non-hydrogen) atoms. The molecule has 0 bridgehead atoms. The topological polar surface area (TPSA) is 86.7 Å². The van der Waals surface area contributed by atoms with Gasteiger partial charge in [0.1, 0.15) is 11.3 Å². The average molecular weight is 411 g/mol. The fourth-order valence-corrected chi connectivity index (χ4v) is 2.70. The van der Waals surface area contributed by atoms with Crippen molar-refractivity contribution in [1.29, 1.82) is 0 Å². The van der Waals surface area contributed by atoms with Crippen LogP contribution in [0.1, 0.15) is 11.1 Å². The van der Waals surface area contributed by atoms with Gasteiger partial charge in [-0.25, -0.2) is 9.69 Å². The van der Waals surface area contributed by atoms with Crippen LogP contribution in [0.4, 0.5) is 23.7 Å². The van der Waals surface area contributed by atoms with Crippen molar-refractivity contribution in [2.75, 3.05) is 4.90 Å². The van der Waals surface area contributed by atoms with Crippen LogP contribution >= 0.6 is 11.6 Å². The van der Waals surface area contributed by atoms with E-state index in [1.807, 2.05) is 5.32 Å². The molecule has 144 valence electrons. The predicted octanol–water partition coefficient (Wildman–Crippen LogP) is 3.73. The Morgan fingerprint density at radius 2 is 1.75 bits per heavy atom. The number of nitrogens with one attached hydrogen (secondary N) is 1. The molecule has 1 aliphatic rings. The van der Waals surface area contributed by atoms with Gasteiger partial charge in [-0.1, -0.05) is 29.8 Å². The molecule has 0 aromatic heterocycles. The molecule has 1 heterocycles. The lowest BCUT2D eigenvalue weighted by atomic mass is 10.1. The number of carbonyl (C=O) groups excluding carboxylic acids is 3. The molecule has 1 aliphatic heterocycles. The molecule has 1 saturated heterocycles. The number of aromatic hydroxyl groups is 1. The standard InChI is InChI=1S/C18H10ClF3N2O4/c19-12-6-5-10(18(20,21)22)8-13(12)24-16(27)11(15(26)23-17(24)28)7-9-3-1-2-4-14(9)25/h1-8,25H,(H,23,26,28)/b11-7+. The van der Waals surface area contributed by atoms with Crippen molar-refractivity contribution < 1.29 is 32.7 Å². The van der Waals surface area contributed by atoms with Gasteiger partial charge >= 0.3 is 12.2 Å². The summed E-state index contributed by atoms with van der Waals surface area (Å²) in [5.74, 6) is -2.48. The van der Waals surface area contributed by atoms with E-state index in [1.165, 1.54) is 24.3 Å². The molecule has 2 aromatic carbocycles. The first-order valence-corrected chi connectivity index (χ1v) is 8.03. The van der Waals surface area contributed by atoms with Crippen molar-refractivity contribution >= 4 is 41.2 Å². The maximum atomic E-state index is 13.0. The SMILES string of the molecule is O=C1NC(=O)N(c2cc(C(F)(F)F)ccc2Cl)C(=O)/C1=C/c1ccccc1O. The Kier molecular flexibility index (Phi) is 4.86. The van der Waals surface area contributed by atoms with E-state index in [0.717, 1.165) is 12.1 Å². The maximum absolute atomic E-state index is 13.0. The van der Waals surface area contributed by atoms with E-state index < -0.39 is 40.8 Å². The van der Waals surface area contributed by atoms with Crippen LogP contribution < -0.4 is 10.2 Å². The van der Waals surface area contributed by atoms with Gasteiger partial charge in [-0.05, 0) is 30.3 Å². The smallest absolute Gasteiger partial charge is 0.416 e. The third-order valence-electron chi connectivity index (χ3n) is 3.85. The van der Waals surface area contributed by atoms with Gasteiger partial charge in [-0.15, -0.1) is 0 Å². The van der Waals surface area contributed by atoms with Crippen LogP contribution in [0.5, 0.6) is 5.75 Å². The first kappa shape index (κ1) is 19.4. The van der Waals surface area contributed by atoms with Gasteiger partial charge in [0.05, 0.1) is 16.3 Å². The first-order valence-electron chi connectivity index (χ1n) is 7.66. The quantitative estimate of drug-likeness (QED) is 0.583. The number of amides is 4. The maximum Gasteiger partial charge on any atom is 0.416 e. The number of barbiturate groups is 1. The summed E-state index contributed by atoms with van der Waals surface area (Å²) in [7, 11) is 0. The Balaban J connectivity index is 2.10. The molecule has 4 amide bonds. The van der Waals surface area contributed by atoms with Gasteiger partial charge in [0, 0.05) is 5.56 Å². The zero-order valence-corrected chi connectivity index (χ0v) is 14.5. The minimum atomic E-state index is -4.74. The Hall–Kier alpha value is -3.33. The highest BCUT2D eigenvalue weighted by molar-refractivity contribution is 6.42. The molecule has 0 radical (unpaired) electrons. The molecule has 0 spiro atoms. The number of hydrogen-bond acceptors (Lipinski definition) is 4. The van der Waals surface area contributed by atoms with Gasteiger partial charge in [0.2, 0.25) is 0 Å². The summed E-state index contributed by atoms with van der Waals surface area (Å²) in [6.07, 6.45) is -3.72. The Labute approximate surface area is 160 Å². The Bertz CT molecular complexity index is 1030. The van der Waals surface area contributed by atoms with E-state index in [1.54, 1.807) is 0 Å². The number of carbonyl (C=O) groups is 3. The number of phenols is 1. The highest BCUT2D eigenvalue weighted by Gasteiger charge is 2.39. The van der Waals surface area contributed by atoms with Gasteiger partial charge in [-0.3, -0.25) is 14.9 Å². The minimum Gasteiger partial charge on any atom is -0.507 e. The summed E-state index contributed by atoms with van der Waals surface area (Å²) < 4.78 is 39.0. The second-order valence-corrected chi connectivity index (χ2v) is 6.09. The number of imide groups is 2. The number of alkyl halides is 3. The molecule has 0 atom stereocenters. The third kappa shape index (κ3) is 3.56. The molecule has 0 aliphatic carbocycles. The van der Waals surface area contributed by atoms with Crippen molar-refractivity contribution in [3.8, 4) is 5.75 Å². The molecule has 0 saturated carbocycles. The van der Waals surface area contributed by atoms with Crippen LogP contribution in [-0.4, -0.2) is 23.0 Å². The summed E-state index contributed by atoms with van der Waals surface area (Å²) in [5, 5.41) is 11.4. The van der Waals surface area contributed by atoms with E-state index in [2.05, 4.69) is 0 Å². The van der Waals surface area contributed by atoms with Crippen molar-refractivity contribution in [3.05, 3.63) is 64.2 Å². The highest BCUT2D eigenvalue weighted by Crippen LogP contribution is 2.36. The molecule has 6 nitrogen and oxygen atoms in total. The molecule has 2 aromatic rings. The van der Waals surface area contributed by atoms with Crippen LogP contribution in [-0.2, 0) is 15.8 Å². The lowest BCUT2D eigenvalue weighted by Crippen LogP contribution is -2.54. The lowest BCUT2D eigenvalue weighted by molar-refractivity contribution is -0.137. The van der Waals surface area contributed by atoms with Gasteiger partial charge in [0.25, 0.3) is 11.8 Å². The van der Waals surface area contributed by atoms with E-state index >= 15 is 0 Å². The van der Waals surface area contributed by atoms with Crippen LogP contribution in [0.3, 0.4) is 0 Å². The Morgan fingerprint density at radius 1 is 1.07 bits per heavy atom. The fourth-order valence-electron chi connectivity index (χ4n) is 2.50. The van der Waals surface area contributed by atoms with Crippen molar-refractivity contribution in [3.63, 3.8) is 0 Å². The lowest BCUT2D eigenvalue weighted by Gasteiger charge is -2.27. The largest absolute Gasteiger partial charge is 0.507 e. The molecule has 10 heteroatoms. The number of phenolic OH excluding ortho intramolecular Hbond substituents is 1. The van der Waals surface area contributed by atoms with Crippen LogP contribution in [0.25, 0.3) is 6.08 Å². The summed E-state index contributed by atoms with van der Waals surface area (Å²) >= 11 is 5.89. The molecule has 2 N–H and O–H groups in total. The van der Waals surface area contributed by atoms with Crippen molar-refractivity contribution in [1.82, 2.24) is 5.32 Å². The fraction of sp³-hybridized carbons (Fsp3) is 0.0556. The second-order valence-electron chi connectivity index (χ2n) is 5.68. The van der Waals surface area contributed by atoms with Gasteiger partial charge in [0.15, 0.2) is 0 Å². The number of para-hydroxylation sites is 1. The number of nitrogens with zero attached hydrogens (tertiary/aromatic N) is 1. The van der Waals surface area contributed by atoms with E-state index in [0.29, 0.717) is 17.0 Å². The summed E-state index contributed by atoms with van der Waals surface area (Å²) in [6.45, 7) is 0. The van der Waals surface area contributed by atoms with E-state index in [-0.39, 0.29) is 16.3 Å². The van der Waals surface area contributed by atoms with Crippen LogP contribution in [0.15, 0.2) is 48.0 Å². The molecule has 1 fully saturated rings. The molecular formula is C18H10ClF3N2O4. The zero-order chi connectivity index (χ0) is 20.6. The summed E-state index contributed by atoms with van der Waals surface area (Å²) in [4.78, 5) is 37.3. The Morgan fingerprint density at radius 3 is 2.39 bits per heavy atom. The molecular weight excluding hydrogens is 401 g/mol.